The summed E-state index contributed by atoms with van der Waals surface area (Å²) in [5.74, 6) is 2.22. The molecule has 0 radical (unpaired) electrons. The fourth-order valence-electron chi connectivity index (χ4n) is 1.55. The van der Waals surface area contributed by atoms with Crippen molar-refractivity contribution in [3.8, 4) is 17.2 Å². The molecule has 0 spiro atoms. The number of benzene rings is 1. The van der Waals surface area contributed by atoms with Crippen LogP contribution >= 0.6 is 0 Å². The minimum Gasteiger partial charge on any atom is -0.467 e. The van der Waals surface area contributed by atoms with Crippen LogP contribution in [0.4, 0.5) is 0 Å². The highest BCUT2D eigenvalue weighted by molar-refractivity contribution is 5.51. The lowest BCUT2D eigenvalue weighted by Gasteiger charge is -2.11. The number of hydrogen-bond acceptors (Lipinski definition) is 5. The number of hydrogen-bond donors (Lipinski definition) is 1. The fourth-order valence-corrected chi connectivity index (χ4v) is 1.55. The van der Waals surface area contributed by atoms with E-state index in [1.807, 2.05) is 19.2 Å². The lowest BCUT2D eigenvalue weighted by Crippen LogP contribution is -2.08. The van der Waals surface area contributed by atoms with Gasteiger partial charge in [0.25, 0.3) is 0 Å². The highest BCUT2D eigenvalue weighted by atomic mass is 16.7. The molecule has 0 saturated carbocycles. The van der Waals surface area contributed by atoms with Crippen LogP contribution < -0.4 is 19.5 Å². The van der Waals surface area contributed by atoms with Crippen molar-refractivity contribution in [2.24, 2.45) is 0 Å². The van der Waals surface area contributed by atoms with E-state index < -0.39 is 0 Å². The molecule has 0 amide bonds. The van der Waals surface area contributed by atoms with Crippen molar-refractivity contribution < 1.29 is 18.9 Å². The van der Waals surface area contributed by atoms with Crippen molar-refractivity contribution in [1.29, 1.82) is 0 Å². The van der Waals surface area contributed by atoms with Gasteiger partial charge < -0.3 is 24.3 Å². The topological polar surface area (TPSA) is 49.0 Å². The molecule has 5 nitrogen and oxygen atoms in total. The van der Waals surface area contributed by atoms with E-state index >= 15 is 0 Å². The lowest BCUT2D eigenvalue weighted by atomic mass is 10.1. The molecule has 0 bridgehead atoms. The predicted octanol–water partition coefficient (Wildman–Crippen LogP) is 1.12. The molecule has 0 fully saturated rings. The van der Waals surface area contributed by atoms with E-state index in [1.54, 1.807) is 7.11 Å². The summed E-state index contributed by atoms with van der Waals surface area (Å²) in [6, 6.07) is 3.75. The number of methoxy groups -OCH3 is 1. The number of ether oxygens (including phenoxy) is 4. The third-order valence-corrected chi connectivity index (χ3v) is 2.26. The molecule has 88 valence electrons. The van der Waals surface area contributed by atoms with Gasteiger partial charge in [0.2, 0.25) is 6.79 Å². The van der Waals surface area contributed by atoms with Crippen molar-refractivity contribution in [2.75, 3.05) is 27.7 Å². The Morgan fingerprint density at radius 2 is 2.06 bits per heavy atom. The Morgan fingerprint density at radius 1 is 1.31 bits per heavy atom. The van der Waals surface area contributed by atoms with Gasteiger partial charge in [-0.3, -0.25) is 0 Å². The molecule has 16 heavy (non-hydrogen) atoms. The maximum absolute atomic E-state index is 5.47. The van der Waals surface area contributed by atoms with Crippen LogP contribution in [0.5, 0.6) is 17.2 Å². The highest BCUT2D eigenvalue weighted by Gasteiger charge is 2.17. The molecule has 0 unspecified atom stereocenters. The molecular formula is C11H15NO4. The molecule has 1 N–H and O–H groups in total. The standard InChI is InChI=1S/C11H15NO4/c1-12-5-8-3-10-11(16-7-15-10)4-9(8)14-6-13-2/h3-4,12H,5-7H2,1-2H3. The molecule has 1 aromatic carbocycles. The Labute approximate surface area is 94.3 Å². The van der Waals surface area contributed by atoms with E-state index in [-0.39, 0.29) is 13.6 Å². The summed E-state index contributed by atoms with van der Waals surface area (Å²) in [5.41, 5.74) is 1.02. The van der Waals surface area contributed by atoms with Gasteiger partial charge in [-0.25, -0.2) is 0 Å². The van der Waals surface area contributed by atoms with Crippen LogP contribution in [-0.2, 0) is 11.3 Å². The molecule has 1 heterocycles. The van der Waals surface area contributed by atoms with Gasteiger partial charge in [0.15, 0.2) is 18.3 Å². The third-order valence-electron chi connectivity index (χ3n) is 2.26. The molecule has 0 aliphatic carbocycles. The summed E-state index contributed by atoms with van der Waals surface area (Å²) in [6.07, 6.45) is 0. The third kappa shape index (κ3) is 2.20. The van der Waals surface area contributed by atoms with E-state index in [1.165, 1.54) is 0 Å². The molecular weight excluding hydrogens is 210 g/mol. The van der Waals surface area contributed by atoms with E-state index in [0.29, 0.717) is 12.3 Å². The van der Waals surface area contributed by atoms with Gasteiger partial charge in [-0.15, -0.1) is 0 Å². The summed E-state index contributed by atoms with van der Waals surface area (Å²) >= 11 is 0. The zero-order chi connectivity index (χ0) is 11.4. The maximum Gasteiger partial charge on any atom is 0.231 e. The van der Waals surface area contributed by atoms with Crippen LogP contribution in [0.2, 0.25) is 0 Å². The normalized spacial score (nSPS) is 12.9. The van der Waals surface area contributed by atoms with Crippen LogP contribution in [0.3, 0.4) is 0 Å². The largest absolute Gasteiger partial charge is 0.467 e. The SMILES string of the molecule is CNCc1cc2c(cc1OCOC)OCO2. The lowest BCUT2D eigenvalue weighted by molar-refractivity contribution is 0.0502. The van der Waals surface area contributed by atoms with Crippen molar-refractivity contribution in [3.05, 3.63) is 17.7 Å². The van der Waals surface area contributed by atoms with Gasteiger partial charge in [0.1, 0.15) is 5.75 Å². The minimum absolute atomic E-state index is 0.219. The van der Waals surface area contributed by atoms with Gasteiger partial charge in [-0.1, -0.05) is 0 Å². The van der Waals surface area contributed by atoms with Crippen LogP contribution in [-0.4, -0.2) is 27.7 Å². The number of nitrogens with one attached hydrogen (secondary N) is 1. The van der Waals surface area contributed by atoms with E-state index in [0.717, 1.165) is 17.1 Å². The molecule has 0 aromatic heterocycles. The van der Waals surface area contributed by atoms with E-state index in [4.69, 9.17) is 18.9 Å². The second-order valence-corrected chi connectivity index (χ2v) is 3.39. The fraction of sp³-hybridized carbons (Fsp3) is 0.455. The Hall–Kier alpha value is -1.46. The minimum atomic E-state index is 0.219. The van der Waals surface area contributed by atoms with Gasteiger partial charge in [0.05, 0.1) is 0 Å². The van der Waals surface area contributed by atoms with Crippen LogP contribution in [0.1, 0.15) is 5.56 Å². The quantitative estimate of drug-likeness (QED) is 0.761. The maximum atomic E-state index is 5.47. The molecule has 0 atom stereocenters. The average molecular weight is 225 g/mol. The molecule has 1 aliphatic rings. The summed E-state index contributed by atoms with van der Waals surface area (Å²) in [5, 5.41) is 3.07. The van der Waals surface area contributed by atoms with Gasteiger partial charge in [0, 0.05) is 25.3 Å². The van der Waals surface area contributed by atoms with Crippen LogP contribution in [0.25, 0.3) is 0 Å². The van der Waals surface area contributed by atoms with Crippen molar-refractivity contribution >= 4 is 0 Å². The smallest absolute Gasteiger partial charge is 0.231 e. The Bertz CT molecular complexity index is 367. The summed E-state index contributed by atoms with van der Waals surface area (Å²) < 4.78 is 20.9. The predicted molar refractivity (Wildman–Crippen MR) is 57.8 cm³/mol. The first-order valence-corrected chi connectivity index (χ1v) is 5.04. The van der Waals surface area contributed by atoms with Crippen LogP contribution in [0, 0.1) is 0 Å². The Kier molecular flexibility index (Phi) is 3.48. The Morgan fingerprint density at radius 3 is 2.75 bits per heavy atom. The van der Waals surface area contributed by atoms with E-state index in [9.17, 15) is 0 Å². The number of fused-ring (bicyclic) bond motifs is 1. The molecule has 5 heteroatoms. The van der Waals surface area contributed by atoms with Crippen molar-refractivity contribution in [3.63, 3.8) is 0 Å². The number of rotatable bonds is 5. The Balaban J connectivity index is 2.25. The highest BCUT2D eigenvalue weighted by Crippen LogP contribution is 2.38. The summed E-state index contributed by atoms with van der Waals surface area (Å²) in [7, 11) is 3.47. The molecule has 1 aliphatic heterocycles. The molecule has 1 aromatic rings. The summed E-state index contributed by atoms with van der Waals surface area (Å²) in [4.78, 5) is 0. The summed E-state index contributed by atoms with van der Waals surface area (Å²) in [6.45, 7) is 1.19. The first-order valence-electron chi connectivity index (χ1n) is 5.04. The second kappa shape index (κ2) is 5.05. The molecule has 0 saturated heterocycles. The monoisotopic (exact) mass is 225 g/mol. The van der Waals surface area contributed by atoms with E-state index in [2.05, 4.69) is 5.32 Å². The van der Waals surface area contributed by atoms with Gasteiger partial charge >= 0.3 is 0 Å². The second-order valence-electron chi connectivity index (χ2n) is 3.39. The first-order chi connectivity index (χ1) is 7.85. The van der Waals surface area contributed by atoms with Crippen LogP contribution in [0.15, 0.2) is 12.1 Å². The zero-order valence-electron chi connectivity index (χ0n) is 9.41. The van der Waals surface area contributed by atoms with Gasteiger partial charge in [-0.2, -0.15) is 0 Å². The zero-order valence-corrected chi connectivity index (χ0v) is 9.41. The van der Waals surface area contributed by atoms with Crippen molar-refractivity contribution in [2.45, 2.75) is 6.54 Å². The van der Waals surface area contributed by atoms with Gasteiger partial charge in [-0.05, 0) is 13.1 Å². The first kappa shape index (κ1) is 11.0. The molecule has 2 rings (SSSR count). The van der Waals surface area contributed by atoms with Crippen molar-refractivity contribution in [1.82, 2.24) is 5.32 Å². The average Bonchev–Trinajstić information content (AvgIpc) is 2.73.